The van der Waals surface area contributed by atoms with Crippen molar-refractivity contribution in [2.45, 2.75) is 36.5 Å². The minimum atomic E-state index is 0.408. The Morgan fingerprint density at radius 2 is 2.05 bits per heavy atom. The van der Waals surface area contributed by atoms with Crippen molar-refractivity contribution in [3.63, 3.8) is 0 Å². The molecule has 0 aromatic carbocycles. The summed E-state index contributed by atoms with van der Waals surface area (Å²) in [6.07, 6.45) is 0. The van der Waals surface area contributed by atoms with E-state index < -0.39 is 0 Å². The molecule has 0 saturated carbocycles. The number of nitrogens with one attached hydrogen (secondary N) is 1. The van der Waals surface area contributed by atoms with Gasteiger partial charge in [0.1, 0.15) is 16.5 Å². The summed E-state index contributed by atoms with van der Waals surface area (Å²) in [5, 5.41) is 6.15. The van der Waals surface area contributed by atoms with Gasteiger partial charge in [-0.3, -0.25) is 0 Å². The quantitative estimate of drug-likeness (QED) is 0.889. The normalized spacial score (nSPS) is 26.9. The summed E-state index contributed by atoms with van der Waals surface area (Å²) >= 11 is 5.80. The molecule has 0 amide bonds. The fraction of sp³-hybridized carbons (Fsp3) is 0.571. The summed E-state index contributed by atoms with van der Waals surface area (Å²) in [6, 6.07) is 2.17. The smallest absolute Gasteiger partial charge is 0.146 e. The van der Waals surface area contributed by atoms with E-state index in [1.165, 1.54) is 4.88 Å². The lowest BCUT2D eigenvalue weighted by Gasteiger charge is -2.30. The highest BCUT2D eigenvalue weighted by atomic mass is 32.2. The highest BCUT2D eigenvalue weighted by Crippen LogP contribution is 2.44. The van der Waals surface area contributed by atoms with Gasteiger partial charge >= 0.3 is 0 Å². The maximum Gasteiger partial charge on any atom is 0.146 e. The Labute approximate surface area is 132 Å². The standard InChI is InChI=1S/C14H19N3S3/c1-7-5-10-12(15-4)16-13(17-14(10)19-7)11-6-18-8(2)9(3)20-11/h5,8-9,11H,6H2,1-4H3,(H,15,16,17). The molecule has 2 aromatic rings. The molecule has 2 aromatic heterocycles. The zero-order valence-electron chi connectivity index (χ0n) is 12.1. The molecule has 108 valence electrons. The topological polar surface area (TPSA) is 37.8 Å². The molecule has 1 aliphatic rings. The Kier molecular flexibility index (Phi) is 4.15. The Balaban J connectivity index is 1.99. The van der Waals surface area contributed by atoms with Gasteiger partial charge in [0.2, 0.25) is 0 Å². The molecule has 0 spiro atoms. The molecular formula is C14H19N3S3. The number of hydrogen-bond acceptors (Lipinski definition) is 6. The molecule has 1 aliphatic heterocycles. The zero-order chi connectivity index (χ0) is 14.3. The van der Waals surface area contributed by atoms with Crippen LogP contribution in [0.5, 0.6) is 0 Å². The first-order chi connectivity index (χ1) is 9.58. The number of hydrogen-bond donors (Lipinski definition) is 1. The van der Waals surface area contributed by atoms with Crippen LogP contribution in [-0.4, -0.2) is 33.3 Å². The van der Waals surface area contributed by atoms with E-state index in [0.717, 1.165) is 27.6 Å². The van der Waals surface area contributed by atoms with E-state index in [1.807, 2.05) is 30.6 Å². The van der Waals surface area contributed by atoms with Crippen LogP contribution in [0.25, 0.3) is 10.2 Å². The molecule has 3 nitrogen and oxygen atoms in total. The number of anilines is 1. The lowest BCUT2D eigenvalue weighted by Crippen LogP contribution is -2.23. The van der Waals surface area contributed by atoms with Gasteiger partial charge in [0.25, 0.3) is 0 Å². The molecule has 0 aliphatic carbocycles. The Bertz CT molecular complexity index is 625. The highest BCUT2D eigenvalue weighted by Gasteiger charge is 2.29. The van der Waals surface area contributed by atoms with Crippen molar-refractivity contribution in [2.75, 3.05) is 18.1 Å². The summed E-state index contributed by atoms with van der Waals surface area (Å²) in [5.74, 6) is 3.06. The van der Waals surface area contributed by atoms with Crippen LogP contribution in [0.15, 0.2) is 6.07 Å². The van der Waals surface area contributed by atoms with Crippen LogP contribution in [0.3, 0.4) is 0 Å². The Morgan fingerprint density at radius 3 is 2.75 bits per heavy atom. The van der Waals surface area contributed by atoms with Gasteiger partial charge in [-0.15, -0.1) is 23.1 Å². The second-order valence-electron chi connectivity index (χ2n) is 5.12. The van der Waals surface area contributed by atoms with Crippen LogP contribution in [0.4, 0.5) is 5.82 Å². The van der Waals surface area contributed by atoms with Gasteiger partial charge < -0.3 is 5.32 Å². The molecular weight excluding hydrogens is 306 g/mol. The molecule has 0 bridgehead atoms. The van der Waals surface area contributed by atoms with Crippen LogP contribution < -0.4 is 5.32 Å². The molecule has 1 fully saturated rings. The molecule has 1 saturated heterocycles. The van der Waals surface area contributed by atoms with Crippen LogP contribution in [-0.2, 0) is 0 Å². The van der Waals surface area contributed by atoms with E-state index in [0.29, 0.717) is 15.7 Å². The maximum atomic E-state index is 4.82. The van der Waals surface area contributed by atoms with Gasteiger partial charge in [-0.1, -0.05) is 13.8 Å². The zero-order valence-corrected chi connectivity index (χ0v) is 14.6. The predicted octanol–water partition coefficient (Wildman–Crippen LogP) is 4.34. The molecule has 3 heterocycles. The van der Waals surface area contributed by atoms with Crippen molar-refractivity contribution in [3.8, 4) is 0 Å². The number of thioether (sulfide) groups is 2. The van der Waals surface area contributed by atoms with Crippen molar-refractivity contribution < 1.29 is 0 Å². The van der Waals surface area contributed by atoms with Gasteiger partial charge in [0.05, 0.1) is 10.6 Å². The summed E-state index contributed by atoms with van der Waals surface area (Å²) in [5.41, 5.74) is 0. The van der Waals surface area contributed by atoms with Crippen LogP contribution >= 0.6 is 34.9 Å². The molecule has 1 N–H and O–H groups in total. The molecule has 6 heteroatoms. The van der Waals surface area contributed by atoms with E-state index in [1.54, 1.807) is 11.3 Å². The molecule has 3 rings (SSSR count). The van der Waals surface area contributed by atoms with Crippen molar-refractivity contribution in [2.24, 2.45) is 0 Å². The fourth-order valence-corrected chi connectivity index (χ4v) is 6.04. The van der Waals surface area contributed by atoms with E-state index in [-0.39, 0.29) is 0 Å². The molecule has 3 unspecified atom stereocenters. The summed E-state index contributed by atoms with van der Waals surface area (Å²) < 4.78 is 0. The first kappa shape index (κ1) is 14.5. The number of rotatable bonds is 2. The van der Waals surface area contributed by atoms with Gasteiger partial charge in [0.15, 0.2) is 0 Å². The summed E-state index contributed by atoms with van der Waals surface area (Å²) in [6.45, 7) is 6.74. The Hall–Kier alpha value is -0.460. The van der Waals surface area contributed by atoms with Crippen molar-refractivity contribution >= 4 is 50.9 Å². The monoisotopic (exact) mass is 325 g/mol. The van der Waals surface area contributed by atoms with Crippen molar-refractivity contribution in [3.05, 3.63) is 16.8 Å². The highest BCUT2D eigenvalue weighted by molar-refractivity contribution is 8.07. The van der Waals surface area contributed by atoms with Crippen LogP contribution in [0.1, 0.15) is 29.8 Å². The first-order valence-electron chi connectivity index (χ1n) is 6.81. The SMILES string of the molecule is CNc1nc(C2CSC(C)C(C)S2)nc2sc(C)cc12. The predicted molar refractivity (Wildman–Crippen MR) is 93.4 cm³/mol. The summed E-state index contributed by atoms with van der Waals surface area (Å²) in [4.78, 5) is 12.0. The van der Waals surface area contributed by atoms with Crippen LogP contribution in [0, 0.1) is 6.92 Å². The molecule has 0 radical (unpaired) electrons. The number of fused-ring (bicyclic) bond motifs is 1. The van der Waals surface area contributed by atoms with E-state index in [2.05, 4.69) is 32.2 Å². The summed E-state index contributed by atoms with van der Waals surface area (Å²) in [7, 11) is 1.94. The lowest BCUT2D eigenvalue weighted by atomic mass is 10.3. The Morgan fingerprint density at radius 1 is 1.25 bits per heavy atom. The average molecular weight is 326 g/mol. The van der Waals surface area contributed by atoms with Gasteiger partial charge in [-0.05, 0) is 13.0 Å². The fourth-order valence-electron chi connectivity index (χ4n) is 2.31. The lowest BCUT2D eigenvalue weighted by molar-refractivity contribution is 0.867. The van der Waals surface area contributed by atoms with Crippen LogP contribution in [0.2, 0.25) is 0 Å². The number of aromatic nitrogens is 2. The average Bonchev–Trinajstić information content (AvgIpc) is 2.80. The van der Waals surface area contributed by atoms with Gasteiger partial charge in [-0.25, -0.2) is 9.97 Å². The van der Waals surface area contributed by atoms with E-state index >= 15 is 0 Å². The third-order valence-corrected chi connectivity index (χ3v) is 7.94. The number of thiophene rings is 1. The van der Waals surface area contributed by atoms with E-state index in [9.17, 15) is 0 Å². The first-order valence-corrected chi connectivity index (χ1v) is 9.62. The third-order valence-electron chi connectivity index (χ3n) is 3.61. The largest absolute Gasteiger partial charge is 0.372 e. The van der Waals surface area contributed by atoms with Crippen molar-refractivity contribution in [1.29, 1.82) is 0 Å². The second-order valence-corrected chi connectivity index (χ2v) is 9.35. The number of nitrogens with zero attached hydrogens (tertiary/aromatic N) is 2. The van der Waals surface area contributed by atoms with E-state index in [4.69, 9.17) is 9.97 Å². The molecule has 3 atom stereocenters. The number of aryl methyl sites for hydroxylation is 1. The van der Waals surface area contributed by atoms with Gasteiger partial charge in [-0.2, -0.15) is 11.8 Å². The van der Waals surface area contributed by atoms with Crippen molar-refractivity contribution in [1.82, 2.24) is 9.97 Å². The maximum absolute atomic E-state index is 4.82. The van der Waals surface area contributed by atoms with Gasteiger partial charge in [0, 0.05) is 28.2 Å². The molecule has 20 heavy (non-hydrogen) atoms. The second kappa shape index (κ2) is 5.73. The minimum absolute atomic E-state index is 0.408. The third kappa shape index (κ3) is 2.65. The minimum Gasteiger partial charge on any atom is -0.372 e.